The Balaban J connectivity index is 1.20. The Morgan fingerprint density at radius 2 is 0.515 bits per heavy atom. The second-order valence-corrected chi connectivity index (χ2v) is 15.9. The Morgan fingerprint density at radius 1 is 0.294 bits per heavy atom. The maximum absolute atomic E-state index is 6.66. The lowest BCUT2D eigenvalue weighted by atomic mass is 10.1. The SMILES string of the molecule is C=CCOc1c(OCc2cc(OCc3ccccc3)c(OCC=C)c(OCc3ccccc3)c2)cc(CBr)cc1OCc1cc(OCc2ccccc2)c(OCC=C)c(OCc2ccccc2)c1. The van der Waals surface area contributed by atoms with Gasteiger partial charge in [-0.15, -0.1) is 0 Å². The van der Waals surface area contributed by atoms with Gasteiger partial charge in [-0.1, -0.05) is 175 Å². The van der Waals surface area contributed by atoms with Crippen LogP contribution in [0.1, 0.15) is 38.9 Å². The minimum atomic E-state index is 0.122. The van der Waals surface area contributed by atoms with Crippen molar-refractivity contribution in [3.05, 3.63) is 235 Å². The molecule has 0 N–H and O–H groups in total. The zero-order chi connectivity index (χ0) is 47.2. The molecular formula is C58H55BrO9. The number of rotatable bonds is 28. The number of alkyl halides is 1. The number of halogens is 1. The molecule has 0 aliphatic rings. The van der Waals surface area contributed by atoms with Gasteiger partial charge >= 0.3 is 0 Å². The molecule has 0 saturated heterocycles. The molecule has 0 amide bonds. The van der Waals surface area contributed by atoms with Crippen molar-refractivity contribution in [2.24, 2.45) is 0 Å². The molecule has 348 valence electrons. The lowest BCUT2D eigenvalue weighted by molar-refractivity contribution is 0.236. The van der Waals surface area contributed by atoms with Crippen LogP contribution < -0.4 is 42.6 Å². The maximum Gasteiger partial charge on any atom is 0.203 e. The summed E-state index contributed by atoms with van der Waals surface area (Å²) in [6.07, 6.45) is 5.05. The van der Waals surface area contributed by atoms with Crippen LogP contribution in [0.5, 0.6) is 51.7 Å². The predicted molar refractivity (Wildman–Crippen MR) is 271 cm³/mol. The third-order valence-electron chi connectivity index (χ3n) is 10.2. The molecule has 0 bridgehead atoms. The summed E-state index contributed by atoms with van der Waals surface area (Å²) in [6.45, 7) is 13.8. The van der Waals surface area contributed by atoms with Gasteiger partial charge in [0.1, 0.15) is 59.5 Å². The molecule has 7 aromatic carbocycles. The Morgan fingerprint density at radius 3 is 0.735 bits per heavy atom. The first-order valence-electron chi connectivity index (χ1n) is 22.2. The van der Waals surface area contributed by atoms with Crippen LogP contribution in [0.25, 0.3) is 0 Å². The maximum atomic E-state index is 6.66. The number of ether oxygens (including phenoxy) is 9. The molecule has 0 saturated carbocycles. The fourth-order valence-corrected chi connectivity index (χ4v) is 7.22. The largest absolute Gasteiger partial charge is 0.485 e. The Kier molecular flexibility index (Phi) is 18.5. The molecule has 7 rings (SSSR count). The van der Waals surface area contributed by atoms with Gasteiger partial charge < -0.3 is 42.6 Å². The number of hydrogen-bond acceptors (Lipinski definition) is 9. The fraction of sp³-hybridized carbons (Fsp3) is 0.172. The van der Waals surface area contributed by atoms with Crippen molar-refractivity contribution < 1.29 is 42.6 Å². The lowest BCUT2D eigenvalue weighted by Gasteiger charge is -2.21. The van der Waals surface area contributed by atoms with E-state index in [1.807, 2.05) is 158 Å². The van der Waals surface area contributed by atoms with E-state index < -0.39 is 0 Å². The summed E-state index contributed by atoms with van der Waals surface area (Å²) < 4.78 is 57.8. The summed E-state index contributed by atoms with van der Waals surface area (Å²) in [7, 11) is 0. The Hall–Kier alpha value is -7.56. The van der Waals surface area contributed by atoms with Crippen LogP contribution in [0.15, 0.2) is 196 Å². The van der Waals surface area contributed by atoms with Gasteiger partial charge in [-0.05, 0) is 75.3 Å². The van der Waals surface area contributed by atoms with Crippen molar-refractivity contribution in [3.8, 4) is 51.7 Å². The van der Waals surface area contributed by atoms with Crippen LogP contribution in [0.2, 0.25) is 0 Å². The summed E-state index contributed by atoms with van der Waals surface area (Å²) >= 11 is 3.66. The predicted octanol–water partition coefficient (Wildman–Crippen LogP) is 13.7. The van der Waals surface area contributed by atoms with Crippen LogP contribution in [-0.2, 0) is 45.0 Å². The van der Waals surface area contributed by atoms with Gasteiger partial charge in [0.15, 0.2) is 34.5 Å². The normalized spacial score (nSPS) is 10.6. The second kappa shape index (κ2) is 26.0. The third kappa shape index (κ3) is 14.2. The summed E-state index contributed by atoms with van der Waals surface area (Å²) in [5, 5.41) is 0.524. The smallest absolute Gasteiger partial charge is 0.203 e. The van der Waals surface area contributed by atoms with Gasteiger partial charge in [-0.3, -0.25) is 0 Å². The van der Waals surface area contributed by atoms with E-state index in [1.165, 1.54) is 0 Å². The minimum absolute atomic E-state index is 0.122. The summed E-state index contributed by atoms with van der Waals surface area (Å²) in [5.74, 6) is 4.29. The highest BCUT2D eigenvalue weighted by Gasteiger charge is 2.21. The van der Waals surface area contributed by atoms with Crippen molar-refractivity contribution in [1.29, 1.82) is 0 Å². The molecule has 0 atom stereocenters. The molecule has 9 nitrogen and oxygen atoms in total. The lowest BCUT2D eigenvalue weighted by Crippen LogP contribution is -2.08. The average Bonchev–Trinajstić information content (AvgIpc) is 3.39. The van der Waals surface area contributed by atoms with Crippen molar-refractivity contribution >= 4 is 15.9 Å². The van der Waals surface area contributed by atoms with Gasteiger partial charge in [0, 0.05) is 5.33 Å². The van der Waals surface area contributed by atoms with E-state index >= 15 is 0 Å². The van der Waals surface area contributed by atoms with Crippen LogP contribution in [-0.4, -0.2) is 19.8 Å². The van der Waals surface area contributed by atoms with Crippen LogP contribution in [0.3, 0.4) is 0 Å². The van der Waals surface area contributed by atoms with Crippen LogP contribution >= 0.6 is 15.9 Å². The number of hydrogen-bond donors (Lipinski definition) is 0. The van der Waals surface area contributed by atoms with Gasteiger partial charge in [0.05, 0.1) is 0 Å². The molecule has 0 aromatic heterocycles. The van der Waals surface area contributed by atoms with Gasteiger partial charge in [0.25, 0.3) is 0 Å². The topological polar surface area (TPSA) is 83.1 Å². The Bertz CT molecular complexity index is 2370. The van der Waals surface area contributed by atoms with E-state index in [9.17, 15) is 0 Å². The first-order valence-corrected chi connectivity index (χ1v) is 23.4. The number of benzene rings is 7. The zero-order valence-electron chi connectivity index (χ0n) is 38.0. The highest BCUT2D eigenvalue weighted by molar-refractivity contribution is 9.08. The highest BCUT2D eigenvalue weighted by Crippen LogP contribution is 2.44. The molecule has 68 heavy (non-hydrogen) atoms. The first-order chi connectivity index (χ1) is 33.5. The van der Waals surface area contributed by atoms with Crippen molar-refractivity contribution in [1.82, 2.24) is 0 Å². The van der Waals surface area contributed by atoms with Gasteiger partial charge in [-0.25, -0.2) is 0 Å². The van der Waals surface area contributed by atoms with Crippen molar-refractivity contribution in [2.75, 3.05) is 19.8 Å². The summed E-state index contributed by atoms with van der Waals surface area (Å²) in [6, 6.07) is 51.3. The van der Waals surface area contributed by atoms with E-state index in [-0.39, 0.29) is 33.0 Å². The standard InChI is InChI=1S/C58H55BrO9/c1-4-27-60-56-50(67-41-48-32-52(63-37-43-19-11-7-12-20-43)57(61-28-5-2)53(33-48)64-38-44-21-13-8-14-22-44)30-47(36-59)31-51(56)68-42-49-34-54(65-39-45-23-15-9-16-24-45)58(62-29-6-3)55(35-49)66-40-46-25-17-10-18-26-46/h4-26,30-35H,1-3,27-29,36-42H2. The quantitative estimate of drug-likeness (QED) is 0.0352. The van der Waals surface area contributed by atoms with E-state index in [1.54, 1.807) is 18.2 Å². The van der Waals surface area contributed by atoms with Crippen molar-refractivity contribution in [2.45, 2.75) is 45.0 Å². The van der Waals surface area contributed by atoms with Gasteiger partial charge in [0.2, 0.25) is 17.2 Å². The molecule has 0 aliphatic carbocycles. The fourth-order valence-electron chi connectivity index (χ4n) is 6.90. The molecule has 0 unspecified atom stereocenters. The second-order valence-electron chi connectivity index (χ2n) is 15.4. The van der Waals surface area contributed by atoms with Crippen LogP contribution in [0.4, 0.5) is 0 Å². The van der Waals surface area contributed by atoms with E-state index in [0.717, 1.165) is 38.9 Å². The molecule has 0 aliphatic heterocycles. The molecular weight excluding hydrogens is 921 g/mol. The molecule has 10 heteroatoms. The van der Waals surface area contributed by atoms with Crippen molar-refractivity contribution in [3.63, 3.8) is 0 Å². The molecule has 0 heterocycles. The zero-order valence-corrected chi connectivity index (χ0v) is 39.6. The van der Waals surface area contributed by atoms with E-state index in [4.69, 9.17) is 42.6 Å². The highest BCUT2D eigenvalue weighted by atomic mass is 79.9. The average molecular weight is 976 g/mol. The van der Waals surface area contributed by atoms with Crippen LogP contribution in [0, 0.1) is 0 Å². The molecule has 0 radical (unpaired) electrons. The first kappa shape index (κ1) is 48.4. The molecule has 0 spiro atoms. The van der Waals surface area contributed by atoms with Gasteiger partial charge in [-0.2, -0.15) is 0 Å². The third-order valence-corrected chi connectivity index (χ3v) is 10.8. The summed E-state index contributed by atoms with van der Waals surface area (Å²) in [4.78, 5) is 0. The van der Waals surface area contributed by atoms with E-state index in [0.29, 0.717) is 83.5 Å². The summed E-state index contributed by atoms with van der Waals surface area (Å²) in [5.41, 5.74) is 6.46. The van der Waals surface area contributed by atoms with E-state index in [2.05, 4.69) is 35.7 Å². The molecule has 7 aromatic rings. The minimum Gasteiger partial charge on any atom is -0.485 e. The molecule has 0 fully saturated rings. The Labute approximate surface area is 407 Å². The monoisotopic (exact) mass is 974 g/mol.